The Balaban J connectivity index is 1.81. The maximum absolute atomic E-state index is 5.68. The summed E-state index contributed by atoms with van der Waals surface area (Å²) in [6.07, 6.45) is 9.29. The molecule has 0 radical (unpaired) electrons. The van der Waals surface area contributed by atoms with Gasteiger partial charge >= 0.3 is 0 Å². The van der Waals surface area contributed by atoms with Gasteiger partial charge in [0, 0.05) is 12.4 Å². The van der Waals surface area contributed by atoms with E-state index in [1.807, 2.05) is 0 Å². The zero-order valence-electron chi connectivity index (χ0n) is 9.89. The van der Waals surface area contributed by atoms with Crippen LogP contribution in [0.25, 0.3) is 0 Å². The molecule has 5 heteroatoms. The first-order valence-corrected chi connectivity index (χ1v) is 6.08. The monoisotopic (exact) mass is 232 g/mol. The largest absolute Gasteiger partial charge is 0.261 e. The Bertz CT molecular complexity index is 423. The van der Waals surface area contributed by atoms with E-state index in [-0.39, 0.29) is 5.72 Å². The normalized spacial score (nSPS) is 32.3. The van der Waals surface area contributed by atoms with E-state index < -0.39 is 0 Å². The second-order valence-corrected chi connectivity index (χ2v) is 4.88. The molecule has 1 saturated carbocycles. The van der Waals surface area contributed by atoms with E-state index >= 15 is 0 Å². The third-order valence-corrected chi connectivity index (χ3v) is 3.51. The molecule has 0 unspecified atom stereocenters. The minimum Gasteiger partial charge on any atom is -0.261 e. The fourth-order valence-corrected chi connectivity index (χ4v) is 2.35. The summed E-state index contributed by atoms with van der Waals surface area (Å²) in [6, 6.07) is 0. The molecule has 0 aromatic carbocycles. The van der Waals surface area contributed by atoms with E-state index in [9.17, 15) is 0 Å². The molecule has 1 N–H and O–H groups in total. The lowest BCUT2D eigenvalue weighted by molar-refractivity contribution is -0.0826. The molecule has 1 aromatic rings. The summed E-state index contributed by atoms with van der Waals surface area (Å²) in [7, 11) is 0. The lowest BCUT2D eigenvalue weighted by atomic mass is 9.85. The number of amidine groups is 1. The molecule has 17 heavy (non-hydrogen) atoms. The number of nitrogens with one attached hydrogen (secondary N) is 1. The van der Waals surface area contributed by atoms with Gasteiger partial charge in [-0.1, -0.05) is 6.92 Å². The molecule has 1 aliphatic heterocycles. The Hall–Kier alpha value is -1.49. The Labute approximate surface area is 100 Å². The van der Waals surface area contributed by atoms with Crippen LogP contribution in [0.1, 0.15) is 38.3 Å². The van der Waals surface area contributed by atoms with E-state index in [4.69, 9.17) is 4.84 Å². The van der Waals surface area contributed by atoms with Crippen LogP contribution in [-0.2, 0) is 4.84 Å². The van der Waals surface area contributed by atoms with E-state index in [0.717, 1.165) is 24.5 Å². The lowest BCUT2D eigenvalue weighted by Crippen LogP contribution is -2.34. The summed E-state index contributed by atoms with van der Waals surface area (Å²) in [5.74, 6) is 1.48. The molecule has 90 valence electrons. The molecule has 0 saturated heterocycles. The van der Waals surface area contributed by atoms with Crippen LogP contribution < -0.4 is 5.48 Å². The molecule has 0 bridgehead atoms. The molecule has 1 fully saturated rings. The minimum atomic E-state index is -0.362. The van der Waals surface area contributed by atoms with Crippen LogP contribution in [0.4, 0.5) is 0 Å². The summed E-state index contributed by atoms with van der Waals surface area (Å²) < 4.78 is 0. The second kappa shape index (κ2) is 4.07. The van der Waals surface area contributed by atoms with E-state index in [1.54, 1.807) is 18.6 Å². The molecular formula is C12H16N4O. The molecule has 2 aliphatic rings. The van der Waals surface area contributed by atoms with Crippen LogP contribution in [0.5, 0.6) is 0 Å². The molecule has 2 heterocycles. The second-order valence-electron chi connectivity index (χ2n) is 4.88. The van der Waals surface area contributed by atoms with Gasteiger partial charge in [-0.15, -0.1) is 0 Å². The van der Waals surface area contributed by atoms with Crippen molar-refractivity contribution in [1.29, 1.82) is 0 Å². The smallest absolute Gasteiger partial charge is 0.187 e. The van der Waals surface area contributed by atoms with Crippen LogP contribution in [-0.4, -0.2) is 21.5 Å². The number of hydrogen-bond donors (Lipinski definition) is 1. The maximum atomic E-state index is 5.68. The highest BCUT2D eigenvalue weighted by Crippen LogP contribution is 2.37. The average molecular weight is 232 g/mol. The average Bonchev–Trinajstić information content (AvgIpc) is 2.79. The predicted octanol–water partition coefficient (Wildman–Crippen LogP) is 1.66. The van der Waals surface area contributed by atoms with Gasteiger partial charge in [0.1, 0.15) is 5.69 Å². The van der Waals surface area contributed by atoms with E-state index in [1.165, 1.54) is 12.8 Å². The van der Waals surface area contributed by atoms with Crippen molar-refractivity contribution in [3.63, 3.8) is 0 Å². The van der Waals surface area contributed by atoms with Gasteiger partial charge in [0.2, 0.25) is 0 Å². The summed E-state index contributed by atoms with van der Waals surface area (Å²) in [4.78, 5) is 18.6. The Morgan fingerprint density at radius 1 is 1.35 bits per heavy atom. The van der Waals surface area contributed by atoms with Crippen LogP contribution >= 0.6 is 0 Å². The van der Waals surface area contributed by atoms with Gasteiger partial charge in [-0.2, -0.15) is 0 Å². The summed E-state index contributed by atoms with van der Waals surface area (Å²) in [6.45, 7) is 2.28. The molecule has 1 aliphatic carbocycles. The molecule has 1 aromatic heterocycles. The topological polar surface area (TPSA) is 59.4 Å². The van der Waals surface area contributed by atoms with Gasteiger partial charge in [-0.25, -0.2) is 20.3 Å². The van der Waals surface area contributed by atoms with Crippen molar-refractivity contribution in [1.82, 2.24) is 15.4 Å². The van der Waals surface area contributed by atoms with Crippen molar-refractivity contribution in [2.75, 3.05) is 0 Å². The fraction of sp³-hybridized carbons (Fsp3) is 0.583. The van der Waals surface area contributed by atoms with Crippen molar-refractivity contribution in [3.8, 4) is 0 Å². The molecule has 5 nitrogen and oxygen atoms in total. The van der Waals surface area contributed by atoms with Crippen LogP contribution in [0, 0.1) is 5.92 Å². The molecular weight excluding hydrogens is 216 g/mol. The molecule has 3 rings (SSSR count). The number of hydrogen-bond acceptors (Lipinski definition) is 5. The first-order chi connectivity index (χ1) is 8.27. The van der Waals surface area contributed by atoms with Crippen molar-refractivity contribution in [3.05, 3.63) is 24.3 Å². The number of hydroxylamine groups is 1. The van der Waals surface area contributed by atoms with Crippen molar-refractivity contribution in [2.45, 2.75) is 38.3 Å². The van der Waals surface area contributed by atoms with Crippen molar-refractivity contribution < 1.29 is 4.84 Å². The highest BCUT2D eigenvalue weighted by Gasteiger charge is 2.40. The van der Waals surface area contributed by atoms with Gasteiger partial charge in [0.05, 0.1) is 6.20 Å². The first-order valence-electron chi connectivity index (χ1n) is 6.08. The van der Waals surface area contributed by atoms with Crippen LogP contribution in [0.15, 0.2) is 23.6 Å². The number of nitrogens with zero attached hydrogens (tertiary/aromatic N) is 3. The standard InChI is InChI=1S/C12H16N4O/c1-9-2-4-12(5-3-9)15-11(16-17-12)10-8-13-6-7-14-10/h6-9H,2-5H2,1H3,(H,15,16). The van der Waals surface area contributed by atoms with Crippen molar-refractivity contribution in [2.24, 2.45) is 10.9 Å². The Kier molecular flexibility index (Phi) is 2.55. The fourth-order valence-electron chi connectivity index (χ4n) is 2.35. The maximum Gasteiger partial charge on any atom is 0.187 e. The van der Waals surface area contributed by atoms with Gasteiger partial charge in [0.15, 0.2) is 11.6 Å². The summed E-state index contributed by atoms with van der Waals surface area (Å²) >= 11 is 0. The predicted molar refractivity (Wildman–Crippen MR) is 63.2 cm³/mol. The van der Waals surface area contributed by atoms with Crippen LogP contribution in [0.3, 0.4) is 0 Å². The highest BCUT2D eigenvalue weighted by atomic mass is 16.7. The van der Waals surface area contributed by atoms with Gasteiger partial charge in [-0.3, -0.25) is 4.98 Å². The van der Waals surface area contributed by atoms with Gasteiger partial charge in [-0.05, 0) is 31.6 Å². The third-order valence-electron chi connectivity index (χ3n) is 3.51. The Morgan fingerprint density at radius 2 is 2.18 bits per heavy atom. The summed E-state index contributed by atoms with van der Waals surface area (Å²) in [5, 5.41) is 0. The number of aliphatic imine (C=N–C) groups is 1. The highest BCUT2D eigenvalue weighted by molar-refractivity contribution is 5.97. The number of rotatable bonds is 1. The van der Waals surface area contributed by atoms with Gasteiger partial charge < -0.3 is 0 Å². The number of aromatic nitrogens is 2. The SMILES string of the molecule is CC1CCC2(CC1)N=C(c1cnccn1)NO2. The third kappa shape index (κ3) is 2.02. The lowest BCUT2D eigenvalue weighted by Gasteiger charge is -2.31. The Morgan fingerprint density at radius 3 is 2.88 bits per heavy atom. The molecule has 0 amide bonds. The first kappa shape index (κ1) is 10.7. The zero-order chi connectivity index (χ0) is 11.7. The molecule has 1 spiro atoms. The minimum absolute atomic E-state index is 0.362. The van der Waals surface area contributed by atoms with Crippen LogP contribution in [0.2, 0.25) is 0 Å². The van der Waals surface area contributed by atoms with E-state index in [0.29, 0.717) is 5.84 Å². The zero-order valence-corrected chi connectivity index (χ0v) is 9.89. The van der Waals surface area contributed by atoms with Crippen molar-refractivity contribution >= 4 is 5.84 Å². The molecule has 0 atom stereocenters. The van der Waals surface area contributed by atoms with Gasteiger partial charge in [0.25, 0.3) is 0 Å². The quantitative estimate of drug-likeness (QED) is 0.800. The summed E-state index contributed by atoms with van der Waals surface area (Å²) in [5.41, 5.74) is 3.27. The van der Waals surface area contributed by atoms with E-state index in [2.05, 4.69) is 27.4 Å².